The van der Waals surface area contributed by atoms with Crippen molar-refractivity contribution in [3.8, 4) is 11.1 Å². The number of hydrogen-bond donors (Lipinski definition) is 1. The van der Waals surface area contributed by atoms with E-state index in [1.54, 1.807) is 34.7 Å². The minimum atomic E-state index is -0.992. The summed E-state index contributed by atoms with van der Waals surface area (Å²) in [7, 11) is 3.26. The number of nitrogens with zero attached hydrogens (tertiary/aromatic N) is 4. The van der Waals surface area contributed by atoms with Crippen molar-refractivity contribution in [1.29, 1.82) is 0 Å². The fraction of sp³-hybridized carbons (Fsp3) is 0.269. The lowest BCUT2D eigenvalue weighted by Crippen LogP contribution is -2.25. The van der Waals surface area contributed by atoms with Crippen LogP contribution in [0.4, 0.5) is 5.82 Å². The van der Waals surface area contributed by atoms with E-state index in [4.69, 9.17) is 9.72 Å². The summed E-state index contributed by atoms with van der Waals surface area (Å²) in [5, 5.41) is 10.9. The molecular formula is C26H27IN4O3S. The van der Waals surface area contributed by atoms with Crippen molar-refractivity contribution in [2.45, 2.75) is 26.7 Å². The predicted molar refractivity (Wildman–Crippen MR) is 152 cm³/mol. The number of carboxylic acid groups (broad SMARTS) is 1. The quantitative estimate of drug-likeness (QED) is 0.286. The van der Waals surface area contributed by atoms with Gasteiger partial charge >= 0.3 is 5.97 Å². The van der Waals surface area contributed by atoms with Crippen LogP contribution in [0.15, 0.2) is 60.8 Å². The molecule has 3 aromatic rings. The van der Waals surface area contributed by atoms with Crippen LogP contribution in [-0.2, 0) is 4.74 Å². The molecular weight excluding hydrogens is 575 g/mol. The normalized spacial score (nSPS) is 16.7. The van der Waals surface area contributed by atoms with Gasteiger partial charge in [0.25, 0.3) is 0 Å². The number of aromatic nitrogens is 3. The van der Waals surface area contributed by atoms with E-state index in [1.807, 2.05) is 22.7 Å². The average molecular weight is 602 g/mol. The predicted octanol–water partition coefficient (Wildman–Crippen LogP) is 6.75. The number of rotatable bonds is 8. The van der Waals surface area contributed by atoms with E-state index < -0.39 is 5.97 Å². The minimum absolute atomic E-state index is 0.189. The third-order valence-electron chi connectivity index (χ3n) is 6.07. The number of fused-ring (bicyclic) bond motifs is 1. The second-order valence-electron chi connectivity index (χ2n) is 8.01. The zero-order valence-electron chi connectivity index (χ0n) is 19.9. The van der Waals surface area contributed by atoms with Gasteiger partial charge in [0.1, 0.15) is 11.4 Å². The van der Waals surface area contributed by atoms with Crippen molar-refractivity contribution < 1.29 is 14.6 Å². The van der Waals surface area contributed by atoms with Crippen molar-refractivity contribution in [3.63, 3.8) is 0 Å². The molecule has 0 saturated carbocycles. The molecule has 0 aliphatic heterocycles. The van der Waals surface area contributed by atoms with Gasteiger partial charge in [-0.2, -0.15) is 0 Å². The Bertz CT molecular complexity index is 1340. The first kappa shape index (κ1) is 25.3. The summed E-state index contributed by atoms with van der Waals surface area (Å²) in [6.07, 6.45) is 15.5. The number of carbonyl (C=O) groups is 1. The number of carboxylic acids is 1. The maximum atomic E-state index is 12.1. The lowest BCUT2D eigenvalue weighted by Gasteiger charge is -2.21. The van der Waals surface area contributed by atoms with Crippen molar-refractivity contribution in [2.75, 3.05) is 25.1 Å². The van der Waals surface area contributed by atoms with Crippen LogP contribution in [0.1, 0.15) is 42.6 Å². The number of hydrogen-bond acceptors (Lipinski definition) is 6. The van der Waals surface area contributed by atoms with Gasteiger partial charge in [0, 0.05) is 90.5 Å². The van der Waals surface area contributed by atoms with E-state index >= 15 is 0 Å². The summed E-state index contributed by atoms with van der Waals surface area (Å²) in [4.78, 5) is 23.3. The Morgan fingerprint density at radius 2 is 1.97 bits per heavy atom. The van der Waals surface area contributed by atoms with Gasteiger partial charge in [-0.15, -0.1) is 0 Å². The minimum Gasteiger partial charge on any atom is -0.501 e. The van der Waals surface area contributed by atoms with Gasteiger partial charge < -0.3 is 14.7 Å². The first-order valence-electron chi connectivity index (χ1n) is 11.4. The van der Waals surface area contributed by atoms with E-state index in [2.05, 4.69) is 62.8 Å². The summed E-state index contributed by atoms with van der Waals surface area (Å²) in [5.41, 5.74) is 4.78. The second-order valence-corrected chi connectivity index (χ2v) is 9.73. The lowest BCUT2D eigenvalue weighted by molar-refractivity contribution is 0.0697. The Balaban J connectivity index is 1.85. The largest absolute Gasteiger partial charge is 0.501 e. The van der Waals surface area contributed by atoms with E-state index in [0.717, 1.165) is 45.5 Å². The highest BCUT2D eigenvalue weighted by molar-refractivity contribution is 14.2. The van der Waals surface area contributed by atoms with Crippen LogP contribution in [0.2, 0.25) is 0 Å². The Morgan fingerprint density at radius 1 is 1.23 bits per heavy atom. The molecule has 182 valence electrons. The molecule has 3 heterocycles. The van der Waals surface area contributed by atoms with E-state index in [1.165, 1.54) is 0 Å². The van der Waals surface area contributed by atoms with Crippen LogP contribution >= 0.6 is 30.3 Å². The lowest BCUT2D eigenvalue weighted by atomic mass is 9.98. The molecule has 7 nitrogen and oxygen atoms in total. The molecule has 3 aromatic heterocycles. The Labute approximate surface area is 221 Å². The summed E-state index contributed by atoms with van der Waals surface area (Å²) in [5.74, 6) is 0.419. The molecule has 1 aliphatic rings. The summed E-state index contributed by atoms with van der Waals surface area (Å²) in [6.45, 7) is 5.35. The standard InChI is InChI=1S/C26H27IN4O3S/c1-4-30(5-2)24-22(26(32)33)13-19(14-28-24)18-12-21-23(16-31(35-27)25(21)29-15-18)17-9-7-6-8-10-20(11-17)34-3/h6-7,9-10,12-16H,4-5,8,11H2,1-3H3,(H,32,33)/b7-6?,17-9+,20-10+. The zero-order chi connectivity index (χ0) is 24.9. The van der Waals surface area contributed by atoms with Gasteiger partial charge in [0.05, 0.1) is 12.9 Å². The van der Waals surface area contributed by atoms with Crippen LogP contribution in [0.25, 0.3) is 27.7 Å². The monoisotopic (exact) mass is 602 g/mol. The zero-order valence-corrected chi connectivity index (χ0v) is 22.8. The van der Waals surface area contributed by atoms with Crippen LogP contribution in [-0.4, -0.2) is 45.2 Å². The Hall–Kier alpha value is -2.79. The first-order chi connectivity index (χ1) is 17.0. The van der Waals surface area contributed by atoms with Gasteiger partial charge in [-0.05, 0) is 44.1 Å². The Morgan fingerprint density at radius 3 is 2.66 bits per heavy atom. The fourth-order valence-corrected chi connectivity index (χ4v) is 5.47. The van der Waals surface area contributed by atoms with Crippen LogP contribution in [0.5, 0.6) is 0 Å². The Kier molecular flexibility index (Phi) is 8.17. The molecule has 0 bridgehead atoms. The number of halogens is 1. The number of ether oxygens (including phenoxy) is 1. The van der Waals surface area contributed by atoms with Gasteiger partial charge in [-0.3, -0.25) is 3.97 Å². The smallest absolute Gasteiger partial charge is 0.339 e. The number of methoxy groups -OCH3 is 1. The van der Waals surface area contributed by atoms with E-state index in [0.29, 0.717) is 25.3 Å². The van der Waals surface area contributed by atoms with Crippen LogP contribution in [0.3, 0.4) is 0 Å². The van der Waals surface area contributed by atoms with Gasteiger partial charge in [0.15, 0.2) is 5.65 Å². The molecule has 0 fully saturated rings. The molecule has 9 heteroatoms. The van der Waals surface area contributed by atoms with Gasteiger partial charge in [-0.25, -0.2) is 14.8 Å². The average Bonchev–Trinajstić information content (AvgIpc) is 3.23. The maximum Gasteiger partial charge on any atom is 0.339 e. The molecule has 1 aliphatic carbocycles. The number of anilines is 1. The molecule has 35 heavy (non-hydrogen) atoms. The molecule has 1 N–H and O–H groups in total. The first-order valence-corrected chi connectivity index (χ1v) is 14.7. The van der Waals surface area contributed by atoms with Crippen molar-refractivity contribution in [2.24, 2.45) is 0 Å². The van der Waals surface area contributed by atoms with Gasteiger partial charge in [-0.1, -0.05) is 18.2 Å². The summed E-state index contributed by atoms with van der Waals surface area (Å²) < 4.78 is 7.63. The molecule has 0 atom stereocenters. The number of pyridine rings is 2. The number of aromatic carboxylic acids is 1. The summed E-state index contributed by atoms with van der Waals surface area (Å²) in [6, 6.07) is 3.76. The highest BCUT2D eigenvalue weighted by Gasteiger charge is 2.20. The van der Waals surface area contributed by atoms with E-state index in [9.17, 15) is 9.90 Å². The molecule has 0 unspecified atom stereocenters. The van der Waals surface area contributed by atoms with Crippen molar-refractivity contribution >= 4 is 58.7 Å². The van der Waals surface area contributed by atoms with Crippen molar-refractivity contribution in [1.82, 2.24) is 13.9 Å². The topological polar surface area (TPSA) is 80.5 Å². The molecule has 4 rings (SSSR count). The molecule has 0 aromatic carbocycles. The molecule has 0 saturated heterocycles. The molecule has 0 radical (unpaired) electrons. The molecule has 0 spiro atoms. The highest BCUT2D eigenvalue weighted by atomic mass is 127. The highest BCUT2D eigenvalue weighted by Crippen LogP contribution is 2.36. The van der Waals surface area contributed by atoms with Crippen molar-refractivity contribution in [3.05, 3.63) is 71.9 Å². The van der Waals surface area contributed by atoms with Gasteiger partial charge in [0.2, 0.25) is 0 Å². The summed E-state index contributed by atoms with van der Waals surface area (Å²) >= 11 is 2.25. The number of allylic oxidation sites excluding steroid dienone is 5. The third kappa shape index (κ3) is 5.25. The fourth-order valence-electron chi connectivity index (χ4n) is 4.22. The van der Waals surface area contributed by atoms with Crippen LogP contribution in [0, 0.1) is 0 Å². The third-order valence-corrected chi connectivity index (χ3v) is 7.77. The van der Waals surface area contributed by atoms with E-state index in [-0.39, 0.29) is 5.56 Å². The SMILES string of the molecule is CCN(CC)c1ncc(-c2cnc3c(c2)c(/C2=C/C=CC/C=C(/OC)C2)cn3SI)cc1C(=O)O. The maximum absolute atomic E-state index is 12.1. The molecule has 0 amide bonds. The second kappa shape index (κ2) is 11.3. The van der Waals surface area contributed by atoms with Crippen LogP contribution < -0.4 is 4.90 Å².